The number of morpholine rings is 1. The first-order valence-electron chi connectivity index (χ1n) is 7.64. The SMILES string of the molecule is O=C(c1ccc(CNc2c(F)cncc2Cl)cc1)N1CCOCC1. The molecule has 7 heteroatoms. The Labute approximate surface area is 144 Å². The Morgan fingerprint density at radius 2 is 1.96 bits per heavy atom. The maximum atomic E-state index is 13.7. The average molecular weight is 350 g/mol. The lowest BCUT2D eigenvalue weighted by Gasteiger charge is -2.26. The van der Waals surface area contributed by atoms with E-state index in [1.807, 2.05) is 12.1 Å². The number of amides is 1. The van der Waals surface area contributed by atoms with Crippen LogP contribution in [-0.4, -0.2) is 42.1 Å². The number of pyridine rings is 1. The average Bonchev–Trinajstić information content (AvgIpc) is 2.62. The number of nitrogens with zero attached hydrogens (tertiary/aromatic N) is 2. The van der Waals surface area contributed by atoms with Crippen LogP contribution in [0, 0.1) is 5.82 Å². The topological polar surface area (TPSA) is 54.5 Å². The summed E-state index contributed by atoms with van der Waals surface area (Å²) < 4.78 is 18.9. The van der Waals surface area contributed by atoms with Crippen molar-refractivity contribution in [3.8, 4) is 0 Å². The van der Waals surface area contributed by atoms with Gasteiger partial charge in [-0.15, -0.1) is 0 Å². The van der Waals surface area contributed by atoms with Crippen molar-refractivity contribution in [1.29, 1.82) is 0 Å². The van der Waals surface area contributed by atoms with E-state index in [2.05, 4.69) is 10.3 Å². The number of anilines is 1. The van der Waals surface area contributed by atoms with Gasteiger partial charge in [-0.25, -0.2) is 4.39 Å². The first kappa shape index (κ1) is 16.7. The lowest BCUT2D eigenvalue weighted by molar-refractivity contribution is 0.0303. The van der Waals surface area contributed by atoms with Crippen molar-refractivity contribution < 1.29 is 13.9 Å². The predicted molar refractivity (Wildman–Crippen MR) is 89.7 cm³/mol. The van der Waals surface area contributed by atoms with Crippen LogP contribution in [0.25, 0.3) is 0 Å². The Balaban J connectivity index is 1.63. The number of carbonyl (C=O) groups is 1. The van der Waals surface area contributed by atoms with Gasteiger partial charge in [0, 0.05) is 31.4 Å². The number of aromatic nitrogens is 1. The third-order valence-corrected chi connectivity index (χ3v) is 4.11. The van der Waals surface area contributed by atoms with Crippen LogP contribution in [-0.2, 0) is 11.3 Å². The van der Waals surface area contributed by atoms with Gasteiger partial charge in [-0.2, -0.15) is 0 Å². The molecule has 24 heavy (non-hydrogen) atoms. The van der Waals surface area contributed by atoms with E-state index in [-0.39, 0.29) is 16.6 Å². The second-order valence-corrected chi connectivity index (χ2v) is 5.84. The zero-order valence-electron chi connectivity index (χ0n) is 13.0. The van der Waals surface area contributed by atoms with Gasteiger partial charge in [0.25, 0.3) is 5.91 Å². The van der Waals surface area contributed by atoms with Gasteiger partial charge in [0.1, 0.15) is 0 Å². The molecule has 0 atom stereocenters. The molecule has 0 bridgehead atoms. The first-order valence-corrected chi connectivity index (χ1v) is 8.02. The van der Waals surface area contributed by atoms with Gasteiger partial charge in [0.05, 0.1) is 30.1 Å². The van der Waals surface area contributed by atoms with Crippen molar-refractivity contribution in [3.05, 3.63) is 58.6 Å². The molecule has 2 heterocycles. The predicted octanol–water partition coefficient (Wildman–Crippen LogP) is 2.96. The summed E-state index contributed by atoms with van der Waals surface area (Å²) in [7, 11) is 0. The molecule has 126 valence electrons. The molecule has 1 aromatic heterocycles. The molecular weight excluding hydrogens is 333 g/mol. The zero-order valence-corrected chi connectivity index (χ0v) is 13.7. The summed E-state index contributed by atoms with van der Waals surface area (Å²) in [5.74, 6) is -0.498. The van der Waals surface area contributed by atoms with E-state index in [1.54, 1.807) is 17.0 Å². The fourth-order valence-corrected chi connectivity index (χ4v) is 2.70. The van der Waals surface area contributed by atoms with Crippen molar-refractivity contribution >= 4 is 23.2 Å². The number of nitrogens with one attached hydrogen (secondary N) is 1. The zero-order chi connectivity index (χ0) is 16.9. The highest BCUT2D eigenvalue weighted by Crippen LogP contribution is 2.24. The molecule has 2 aromatic rings. The Bertz CT molecular complexity index is 698. The number of carbonyl (C=O) groups excluding carboxylic acids is 1. The highest BCUT2D eigenvalue weighted by atomic mass is 35.5. The molecule has 0 aliphatic carbocycles. The second kappa shape index (κ2) is 7.59. The van der Waals surface area contributed by atoms with Gasteiger partial charge in [-0.05, 0) is 17.7 Å². The summed E-state index contributed by atoms with van der Waals surface area (Å²) in [6.07, 6.45) is 2.50. The summed E-state index contributed by atoms with van der Waals surface area (Å²) in [6.45, 7) is 2.77. The van der Waals surface area contributed by atoms with E-state index in [0.717, 1.165) is 11.8 Å². The summed E-state index contributed by atoms with van der Waals surface area (Å²) in [5.41, 5.74) is 1.77. The van der Waals surface area contributed by atoms with Crippen LogP contribution in [0.15, 0.2) is 36.7 Å². The molecule has 0 radical (unpaired) electrons. The van der Waals surface area contributed by atoms with Gasteiger partial charge in [-0.3, -0.25) is 9.78 Å². The van der Waals surface area contributed by atoms with Crippen LogP contribution in [0.3, 0.4) is 0 Å². The van der Waals surface area contributed by atoms with E-state index in [1.165, 1.54) is 6.20 Å². The maximum Gasteiger partial charge on any atom is 0.254 e. The Kier molecular flexibility index (Phi) is 5.27. The van der Waals surface area contributed by atoms with E-state index in [4.69, 9.17) is 16.3 Å². The van der Waals surface area contributed by atoms with Crippen molar-refractivity contribution in [2.45, 2.75) is 6.54 Å². The number of benzene rings is 1. The summed E-state index contributed by atoms with van der Waals surface area (Å²) in [5, 5.41) is 3.18. The van der Waals surface area contributed by atoms with Gasteiger partial charge >= 0.3 is 0 Å². The minimum atomic E-state index is -0.499. The monoisotopic (exact) mass is 349 g/mol. The largest absolute Gasteiger partial charge is 0.378 e. The van der Waals surface area contributed by atoms with Gasteiger partial charge in [0.15, 0.2) is 5.82 Å². The molecule has 0 saturated carbocycles. The lowest BCUT2D eigenvalue weighted by Crippen LogP contribution is -2.40. The Morgan fingerprint density at radius 3 is 2.62 bits per heavy atom. The van der Waals surface area contributed by atoms with E-state index in [9.17, 15) is 9.18 Å². The third-order valence-electron chi connectivity index (χ3n) is 3.82. The Morgan fingerprint density at radius 1 is 1.25 bits per heavy atom. The molecule has 1 aromatic carbocycles. The minimum Gasteiger partial charge on any atom is -0.378 e. The number of rotatable bonds is 4. The van der Waals surface area contributed by atoms with Crippen LogP contribution in [0.5, 0.6) is 0 Å². The minimum absolute atomic E-state index is 0.000955. The smallest absolute Gasteiger partial charge is 0.254 e. The van der Waals surface area contributed by atoms with E-state index >= 15 is 0 Å². The van der Waals surface area contributed by atoms with Crippen molar-refractivity contribution in [1.82, 2.24) is 9.88 Å². The molecule has 0 spiro atoms. The van der Waals surface area contributed by atoms with Gasteiger partial charge < -0.3 is 15.0 Å². The highest BCUT2D eigenvalue weighted by molar-refractivity contribution is 6.33. The van der Waals surface area contributed by atoms with Crippen molar-refractivity contribution in [3.63, 3.8) is 0 Å². The quantitative estimate of drug-likeness (QED) is 0.922. The van der Waals surface area contributed by atoms with Crippen molar-refractivity contribution in [2.24, 2.45) is 0 Å². The Hall–Kier alpha value is -2.18. The van der Waals surface area contributed by atoms with E-state index < -0.39 is 5.82 Å². The molecule has 1 aliphatic rings. The van der Waals surface area contributed by atoms with Gasteiger partial charge in [-0.1, -0.05) is 23.7 Å². The van der Waals surface area contributed by atoms with Gasteiger partial charge in [0.2, 0.25) is 0 Å². The molecule has 1 saturated heterocycles. The molecule has 1 amide bonds. The standard InChI is InChI=1S/C17H17ClFN3O2/c18-14-10-20-11-15(19)16(14)21-9-12-1-3-13(4-2-12)17(23)22-5-7-24-8-6-22/h1-4,10-11H,5-9H2,(H,20,21). The second-order valence-electron chi connectivity index (χ2n) is 5.43. The summed E-state index contributed by atoms with van der Waals surface area (Å²) in [6, 6.07) is 7.24. The number of ether oxygens (including phenoxy) is 1. The van der Waals surface area contributed by atoms with Crippen LogP contribution in [0.2, 0.25) is 5.02 Å². The molecule has 3 rings (SSSR count). The lowest BCUT2D eigenvalue weighted by atomic mass is 10.1. The third kappa shape index (κ3) is 3.83. The maximum absolute atomic E-state index is 13.7. The van der Waals surface area contributed by atoms with Crippen LogP contribution in [0.4, 0.5) is 10.1 Å². The molecule has 1 aliphatic heterocycles. The summed E-state index contributed by atoms with van der Waals surface area (Å²) in [4.78, 5) is 17.8. The highest BCUT2D eigenvalue weighted by Gasteiger charge is 2.18. The molecule has 1 N–H and O–H groups in total. The molecule has 0 unspecified atom stereocenters. The normalized spacial score (nSPS) is 14.5. The summed E-state index contributed by atoms with van der Waals surface area (Å²) >= 11 is 5.92. The molecular formula is C17H17ClFN3O2. The molecule has 5 nitrogen and oxygen atoms in total. The molecule has 1 fully saturated rings. The number of halogens is 2. The van der Waals surface area contributed by atoms with Crippen LogP contribution < -0.4 is 5.32 Å². The number of hydrogen-bond acceptors (Lipinski definition) is 4. The van der Waals surface area contributed by atoms with E-state index in [0.29, 0.717) is 38.4 Å². The van der Waals surface area contributed by atoms with Crippen LogP contribution >= 0.6 is 11.6 Å². The number of hydrogen-bond donors (Lipinski definition) is 1. The fraction of sp³-hybridized carbons (Fsp3) is 0.294. The van der Waals surface area contributed by atoms with Crippen molar-refractivity contribution in [2.75, 3.05) is 31.6 Å². The fourth-order valence-electron chi connectivity index (χ4n) is 2.48. The first-order chi connectivity index (χ1) is 11.6. The van der Waals surface area contributed by atoms with Crippen LogP contribution in [0.1, 0.15) is 15.9 Å².